The summed E-state index contributed by atoms with van der Waals surface area (Å²) < 4.78 is 15.3. The number of fused-ring (bicyclic) bond motifs is 18. The van der Waals surface area contributed by atoms with Crippen LogP contribution < -0.4 is 0 Å². The number of thiophene rings is 2. The molecule has 0 unspecified atom stereocenters. The quantitative estimate of drug-likeness (QED) is 0.164. The molecule has 0 aliphatic carbocycles. The van der Waals surface area contributed by atoms with Crippen LogP contribution in [0.2, 0.25) is 0 Å². The van der Waals surface area contributed by atoms with E-state index in [4.69, 9.17) is 0 Å². The third-order valence-corrected chi connectivity index (χ3v) is 19.2. The Morgan fingerprint density at radius 2 is 0.462 bits per heavy atom. The molecule has 0 saturated carbocycles. The summed E-state index contributed by atoms with van der Waals surface area (Å²) in [6.07, 6.45) is 0. The Balaban J connectivity index is 1.04. The molecule has 362 valence electrons. The summed E-state index contributed by atoms with van der Waals surface area (Å²) in [6.45, 7) is 0. The van der Waals surface area contributed by atoms with Gasteiger partial charge in [0.1, 0.15) is 0 Å². The van der Waals surface area contributed by atoms with Crippen LogP contribution in [0.25, 0.3) is 161 Å². The molecule has 0 aliphatic rings. The van der Waals surface area contributed by atoms with Gasteiger partial charge in [-0.2, -0.15) is 0 Å². The van der Waals surface area contributed by atoms with Gasteiger partial charge in [0, 0.05) is 85.2 Å². The van der Waals surface area contributed by atoms with E-state index in [2.05, 4.69) is 273 Å². The van der Waals surface area contributed by atoms with Gasteiger partial charge in [-0.25, -0.2) is 0 Å². The molecule has 12 aromatic carbocycles. The monoisotopic (exact) mass is 1030 g/mol. The molecule has 4 nitrogen and oxygen atoms in total. The number of aromatic nitrogens is 4. The van der Waals surface area contributed by atoms with Crippen LogP contribution in [-0.2, 0) is 0 Å². The van der Waals surface area contributed by atoms with Crippen LogP contribution in [0, 0.1) is 0 Å². The van der Waals surface area contributed by atoms with Crippen molar-refractivity contribution < 1.29 is 0 Å². The first kappa shape index (κ1) is 42.5. The first-order valence-electron chi connectivity index (χ1n) is 26.7. The van der Waals surface area contributed by atoms with Crippen molar-refractivity contribution in [2.24, 2.45) is 0 Å². The summed E-state index contributed by atoms with van der Waals surface area (Å²) in [4.78, 5) is 0. The van der Waals surface area contributed by atoms with Crippen molar-refractivity contribution in [1.82, 2.24) is 18.3 Å². The molecule has 0 radical (unpaired) electrons. The molecule has 0 fully saturated rings. The second-order valence-electron chi connectivity index (χ2n) is 20.7. The maximum absolute atomic E-state index is 2.55. The smallest absolute Gasteiger partial charge is 0.0640 e. The second kappa shape index (κ2) is 15.9. The van der Waals surface area contributed by atoms with Gasteiger partial charge in [0.2, 0.25) is 0 Å². The van der Waals surface area contributed by atoms with Crippen LogP contribution in [0.1, 0.15) is 0 Å². The Labute approximate surface area is 454 Å². The predicted octanol–water partition coefficient (Wildman–Crippen LogP) is 20.5. The van der Waals surface area contributed by atoms with Crippen LogP contribution in [0.4, 0.5) is 0 Å². The zero-order valence-electron chi connectivity index (χ0n) is 41.9. The minimum atomic E-state index is 1.12. The molecule has 6 heteroatoms. The van der Waals surface area contributed by atoms with Crippen molar-refractivity contribution in [3.63, 3.8) is 0 Å². The molecule has 0 bridgehead atoms. The Morgan fingerprint density at radius 3 is 0.808 bits per heavy atom. The number of para-hydroxylation sites is 6. The first-order chi connectivity index (χ1) is 38.7. The fourth-order valence-corrected chi connectivity index (χ4v) is 15.9. The van der Waals surface area contributed by atoms with Crippen LogP contribution in [-0.4, -0.2) is 18.3 Å². The molecule has 6 aromatic heterocycles. The van der Waals surface area contributed by atoms with Crippen LogP contribution in [0.15, 0.2) is 255 Å². The van der Waals surface area contributed by atoms with E-state index in [0.29, 0.717) is 0 Å². The normalized spacial score (nSPS) is 12.4. The lowest BCUT2D eigenvalue weighted by Gasteiger charge is -2.21. The highest BCUT2D eigenvalue weighted by Gasteiger charge is 2.27. The summed E-state index contributed by atoms with van der Waals surface area (Å²) in [6, 6.07) is 95.4. The lowest BCUT2D eigenvalue weighted by molar-refractivity contribution is 1.15. The average molecular weight is 1030 g/mol. The van der Waals surface area contributed by atoms with Crippen molar-refractivity contribution in [2.75, 3.05) is 0 Å². The van der Waals surface area contributed by atoms with Crippen molar-refractivity contribution >= 4 is 150 Å². The number of hydrogen-bond donors (Lipinski definition) is 0. The lowest BCUT2D eigenvalue weighted by Crippen LogP contribution is -2.03. The van der Waals surface area contributed by atoms with Crippen molar-refractivity contribution in [1.29, 1.82) is 0 Å². The molecule has 0 amide bonds. The number of rotatable bonds is 5. The summed E-state index contributed by atoms with van der Waals surface area (Å²) >= 11 is 3.77. The SMILES string of the molecule is c1ccc2c(c1)sc1c(-n3c4ccccc4c4cc(-c5cc6c7ccccc7n(-c7cccc8c7sc7ccccc78)c6cc5-n5c6ccccc6c6ccccc65)c(-n5c6ccccc6c6ccccc65)cc43)cccc12. The van der Waals surface area contributed by atoms with E-state index < -0.39 is 0 Å². The summed E-state index contributed by atoms with van der Waals surface area (Å²) in [7, 11) is 0. The Morgan fingerprint density at radius 1 is 0.192 bits per heavy atom. The van der Waals surface area contributed by atoms with Crippen LogP contribution >= 0.6 is 22.7 Å². The second-order valence-corrected chi connectivity index (χ2v) is 22.8. The molecule has 18 rings (SSSR count). The van der Waals surface area contributed by atoms with Gasteiger partial charge in [0.25, 0.3) is 0 Å². The molecule has 0 N–H and O–H groups in total. The average Bonchev–Trinajstić information content (AvgIpc) is 4.52. The standard InChI is InChI=1S/C72H42N4S2/c1-9-29-57-43(19-1)44-20-2-10-30-58(44)73(57)67-41-65-53(47-23-5-13-33-61(47)75(65)63-35-17-27-51-49-25-7-15-37-69(49)77-71(51)63)39-55(67)56-40-54-48-24-6-14-34-62(48)76(64-36-18-28-52-50-26-8-16-38-70(50)78-72(52)64)66(54)42-68(56)74-59-31-11-3-21-45(59)46-22-4-12-32-60(46)74/h1-42H. The topological polar surface area (TPSA) is 19.7 Å². The summed E-state index contributed by atoms with van der Waals surface area (Å²) in [5.41, 5.74) is 16.3. The molecule has 0 atom stereocenters. The Kier molecular flexibility index (Phi) is 8.67. The zero-order valence-corrected chi connectivity index (χ0v) is 43.5. The molecule has 6 heterocycles. The van der Waals surface area contributed by atoms with Crippen molar-refractivity contribution in [3.05, 3.63) is 255 Å². The molecule has 0 aliphatic heterocycles. The van der Waals surface area contributed by atoms with E-state index in [1.165, 1.54) is 128 Å². The van der Waals surface area contributed by atoms with Crippen LogP contribution in [0.3, 0.4) is 0 Å². The molecule has 0 saturated heterocycles. The molecular weight excluding hydrogens is 985 g/mol. The first-order valence-corrected chi connectivity index (χ1v) is 28.3. The maximum atomic E-state index is 2.55. The molecule has 0 spiro atoms. The third-order valence-electron chi connectivity index (χ3n) is 16.8. The van der Waals surface area contributed by atoms with Crippen molar-refractivity contribution in [3.8, 4) is 33.9 Å². The van der Waals surface area contributed by atoms with Gasteiger partial charge in [0.05, 0.1) is 76.3 Å². The molecule has 18 aromatic rings. The van der Waals surface area contributed by atoms with E-state index in [-0.39, 0.29) is 0 Å². The van der Waals surface area contributed by atoms with Crippen molar-refractivity contribution in [2.45, 2.75) is 0 Å². The Bertz CT molecular complexity index is 5140. The van der Waals surface area contributed by atoms with E-state index in [9.17, 15) is 0 Å². The molecular formula is C72H42N4S2. The van der Waals surface area contributed by atoms with E-state index in [1.54, 1.807) is 0 Å². The Hall–Kier alpha value is -9.72. The fraction of sp³-hybridized carbons (Fsp3) is 0. The summed E-state index contributed by atoms with van der Waals surface area (Å²) in [5.74, 6) is 0. The highest BCUT2D eigenvalue weighted by Crippen LogP contribution is 2.49. The van der Waals surface area contributed by atoms with Gasteiger partial charge in [-0.05, 0) is 84.9 Å². The van der Waals surface area contributed by atoms with E-state index in [0.717, 1.165) is 33.5 Å². The minimum Gasteiger partial charge on any atom is -0.309 e. The maximum Gasteiger partial charge on any atom is 0.0640 e. The number of nitrogens with zero attached hydrogens (tertiary/aromatic N) is 4. The third kappa shape index (κ3) is 5.72. The predicted molar refractivity (Wildman–Crippen MR) is 335 cm³/mol. The van der Waals surface area contributed by atoms with Gasteiger partial charge < -0.3 is 18.3 Å². The minimum absolute atomic E-state index is 1.12. The summed E-state index contributed by atoms with van der Waals surface area (Å²) in [5, 5.41) is 14.9. The van der Waals surface area contributed by atoms with Gasteiger partial charge in [-0.15, -0.1) is 22.7 Å². The van der Waals surface area contributed by atoms with E-state index >= 15 is 0 Å². The van der Waals surface area contributed by atoms with Gasteiger partial charge in [-0.1, -0.05) is 170 Å². The van der Waals surface area contributed by atoms with Gasteiger partial charge in [0.15, 0.2) is 0 Å². The highest BCUT2D eigenvalue weighted by molar-refractivity contribution is 7.26. The zero-order chi connectivity index (χ0) is 50.7. The largest absolute Gasteiger partial charge is 0.309 e. The number of benzene rings is 12. The fourth-order valence-electron chi connectivity index (χ4n) is 13.5. The van der Waals surface area contributed by atoms with Crippen LogP contribution in [0.5, 0.6) is 0 Å². The molecule has 78 heavy (non-hydrogen) atoms. The van der Waals surface area contributed by atoms with Gasteiger partial charge in [-0.3, -0.25) is 0 Å². The van der Waals surface area contributed by atoms with Gasteiger partial charge >= 0.3 is 0 Å². The lowest BCUT2D eigenvalue weighted by atomic mass is 9.96. The van der Waals surface area contributed by atoms with E-state index in [1.807, 2.05) is 22.7 Å². The number of hydrogen-bond acceptors (Lipinski definition) is 2. The highest BCUT2D eigenvalue weighted by atomic mass is 32.1.